The average molecular weight is 473 g/mol. The highest BCUT2D eigenvalue weighted by Gasteiger charge is 2.71. The third kappa shape index (κ3) is 2.94. The minimum atomic E-state index is -1.37. The van der Waals surface area contributed by atoms with Crippen molar-refractivity contribution < 1.29 is 14.6 Å². The number of hydrogen-bond acceptors (Lipinski definition) is 3. The van der Waals surface area contributed by atoms with E-state index in [1.807, 2.05) is 0 Å². The predicted octanol–water partition coefficient (Wildman–Crippen LogP) is 7.40. The number of methoxy groups -OCH3 is 1. The molecule has 0 aliphatic heterocycles. The molecule has 5 aliphatic rings. The molecule has 5 aliphatic carbocycles. The zero-order chi connectivity index (χ0) is 24.9. The topological polar surface area (TPSA) is 46.5 Å². The minimum absolute atomic E-state index is 0.0208. The fraction of sp³-hybridized carbons (Fsp3) is 0.968. The van der Waals surface area contributed by atoms with Crippen LogP contribution >= 0.6 is 0 Å². The Kier molecular flexibility index (Phi) is 5.52. The van der Waals surface area contributed by atoms with Gasteiger partial charge in [0.05, 0.1) is 7.11 Å². The number of carbonyl (C=O) groups excluding carboxylic acids is 1. The Labute approximate surface area is 209 Å². The summed E-state index contributed by atoms with van der Waals surface area (Å²) in [6, 6.07) is 0. The Hall–Kier alpha value is -0.570. The van der Waals surface area contributed by atoms with E-state index in [1.54, 1.807) is 6.92 Å². The van der Waals surface area contributed by atoms with Crippen molar-refractivity contribution in [1.29, 1.82) is 0 Å². The molecule has 3 nitrogen and oxygen atoms in total. The second-order valence-electron chi connectivity index (χ2n) is 15.4. The molecule has 194 valence electrons. The van der Waals surface area contributed by atoms with Crippen molar-refractivity contribution in [2.45, 2.75) is 125 Å². The first-order chi connectivity index (χ1) is 15.7. The summed E-state index contributed by atoms with van der Waals surface area (Å²) < 4.78 is 5.04. The van der Waals surface area contributed by atoms with Crippen LogP contribution in [0.25, 0.3) is 0 Å². The fourth-order valence-corrected chi connectivity index (χ4v) is 12.3. The first-order valence-corrected chi connectivity index (χ1v) is 14.5. The lowest BCUT2D eigenvalue weighted by molar-refractivity contribution is -0.243. The van der Waals surface area contributed by atoms with E-state index in [-0.39, 0.29) is 11.3 Å². The number of fused-ring (bicyclic) bond motifs is 7. The molecule has 0 aromatic carbocycles. The maximum absolute atomic E-state index is 12.5. The van der Waals surface area contributed by atoms with E-state index in [0.717, 1.165) is 31.1 Å². The van der Waals surface area contributed by atoms with E-state index in [0.29, 0.717) is 33.5 Å². The van der Waals surface area contributed by atoms with Gasteiger partial charge in [0, 0.05) is 5.92 Å². The van der Waals surface area contributed by atoms with Crippen molar-refractivity contribution in [3.63, 3.8) is 0 Å². The molecule has 0 saturated heterocycles. The van der Waals surface area contributed by atoms with Gasteiger partial charge in [-0.2, -0.15) is 0 Å². The van der Waals surface area contributed by atoms with Crippen LogP contribution in [0.5, 0.6) is 0 Å². The third-order valence-electron chi connectivity index (χ3n) is 14.0. The summed E-state index contributed by atoms with van der Waals surface area (Å²) in [5, 5.41) is 11.3. The minimum Gasteiger partial charge on any atom is -0.467 e. The summed E-state index contributed by atoms with van der Waals surface area (Å²) in [5.41, 5.74) is 0.549. The number of esters is 1. The molecule has 5 fully saturated rings. The molecule has 0 spiro atoms. The molecular formula is C31H52O3. The third-order valence-corrected chi connectivity index (χ3v) is 14.0. The highest BCUT2D eigenvalue weighted by atomic mass is 16.5. The highest BCUT2D eigenvalue weighted by molar-refractivity contribution is 5.79. The summed E-state index contributed by atoms with van der Waals surface area (Å²) in [5.74, 6) is 2.37. The number of rotatable bonds is 2. The van der Waals surface area contributed by atoms with E-state index >= 15 is 0 Å². The average Bonchev–Trinajstić information content (AvgIpc) is 3.10. The van der Waals surface area contributed by atoms with E-state index in [1.165, 1.54) is 58.5 Å². The molecule has 5 rings (SSSR count). The second-order valence-corrected chi connectivity index (χ2v) is 15.4. The van der Waals surface area contributed by atoms with Gasteiger partial charge in [-0.15, -0.1) is 0 Å². The Morgan fingerprint density at radius 2 is 1.35 bits per heavy atom. The largest absolute Gasteiger partial charge is 0.467 e. The smallest absolute Gasteiger partial charge is 0.337 e. The quantitative estimate of drug-likeness (QED) is 0.426. The van der Waals surface area contributed by atoms with Gasteiger partial charge in [-0.25, -0.2) is 4.79 Å². The lowest BCUT2D eigenvalue weighted by Gasteiger charge is -2.73. The van der Waals surface area contributed by atoms with Gasteiger partial charge in [0.1, 0.15) is 0 Å². The molecule has 0 heterocycles. The maximum atomic E-state index is 12.5. The van der Waals surface area contributed by atoms with Crippen LogP contribution in [0.3, 0.4) is 0 Å². The van der Waals surface area contributed by atoms with Crippen molar-refractivity contribution >= 4 is 5.97 Å². The van der Waals surface area contributed by atoms with Gasteiger partial charge in [0.2, 0.25) is 0 Å². The molecule has 10 atom stereocenters. The fourth-order valence-electron chi connectivity index (χ4n) is 12.3. The zero-order valence-electron chi connectivity index (χ0n) is 23.4. The molecular weight excluding hydrogens is 420 g/mol. The van der Waals surface area contributed by atoms with E-state index in [2.05, 4.69) is 41.5 Å². The van der Waals surface area contributed by atoms with Gasteiger partial charge >= 0.3 is 5.97 Å². The first-order valence-electron chi connectivity index (χ1n) is 14.5. The van der Waals surface area contributed by atoms with Crippen LogP contribution in [0.15, 0.2) is 0 Å². The van der Waals surface area contributed by atoms with Crippen molar-refractivity contribution in [1.82, 2.24) is 0 Å². The second kappa shape index (κ2) is 7.48. The molecule has 3 heteroatoms. The van der Waals surface area contributed by atoms with Gasteiger partial charge in [0.15, 0.2) is 5.60 Å². The van der Waals surface area contributed by atoms with Gasteiger partial charge in [-0.05, 0) is 122 Å². The summed E-state index contributed by atoms with van der Waals surface area (Å²) in [6.45, 7) is 17.4. The van der Waals surface area contributed by atoms with E-state index < -0.39 is 11.6 Å². The Balaban J connectivity index is 1.49. The summed E-state index contributed by atoms with van der Waals surface area (Å²) in [4.78, 5) is 12.5. The van der Waals surface area contributed by atoms with E-state index in [4.69, 9.17) is 4.74 Å². The number of aliphatic hydroxyl groups is 1. The molecule has 0 aromatic rings. The van der Waals surface area contributed by atoms with Crippen LogP contribution in [0.1, 0.15) is 119 Å². The molecule has 0 aromatic heterocycles. The van der Waals surface area contributed by atoms with Gasteiger partial charge in [0.25, 0.3) is 0 Å². The summed E-state index contributed by atoms with van der Waals surface area (Å²) >= 11 is 0. The van der Waals surface area contributed by atoms with Crippen LogP contribution in [0.4, 0.5) is 0 Å². The molecule has 0 amide bonds. The van der Waals surface area contributed by atoms with Crippen LogP contribution < -0.4 is 0 Å². The first kappa shape index (κ1) is 25.1. The number of hydrogen-bond donors (Lipinski definition) is 1. The maximum Gasteiger partial charge on any atom is 0.337 e. The predicted molar refractivity (Wildman–Crippen MR) is 137 cm³/mol. The van der Waals surface area contributed by atoms with Gasteiger partial charge in [-0.3, -0.25) is 0 Å². The van der Waals surface area contributed by atoms with Gasteiger partial charge in [-0.1, -0.05) is 48.0 Å². The van der Waals surface area contributed by atoms with Crippen LogP contribution in [-0.4, -0.2) is 23.8 Å². The summed E-state index contributed by atoms with van der Waals surface area (Å²) in [7, 11) is 1.41. The SMILES string of the molecule is COC(=O)C(C)(O)C1CCC2(C)C1CCC1(C)C2CCC2C3(C)CCCC(C)(C)C3CCC21C. The molecule has 5 saturated carbocycles. The number of carbonyl (C=O) groups is 1. The van der Waals surface area contributed by atoms with Crippen LogP contribution in [0.2, 0.25) is 0 Å². The van der Waals surface area contributed by atoms with Crippen LogP contribution in [-0.2, 0) is 9.53 Å². The monoisotopic (exact) mass is 472 g/mol. The molecule has 10 unspecified atom stereocenters. The van der Waals surface area contributed by atoms with E-state index in [9.17, 15) is 9.90 Å². The molecule has 0 radical (unpaired) electrons. The number of ether oxygens (including phenoxy) is 1. The zero-order valence-corrected chi connectivity index (χ0v) is 23.4. The highest BCUT2D eigenvalue weighted by Crippen LogP contribution is 2.78. The lowest BCUT2D eigenvalue weighted by Crippen LogP contribution is -2.66. The van der Waals surface area contributed by atoms with Crippen molar-refractivity contribution in [2.75, 3.05) is 7.11 Å². The Bertz CT molecular complexity index is 846. The molecule has 0 bridgehead atoms. The standard InChI is InChI=1S/C31H52O3/c1-26(2)15-9-16-28(4)22(26)14-19-30(6)24(28)11-10-23-27(3)17-12-21(31(7,33)25(32)34-8)20(27)13-18-29(23,30)5/h20-24,33H,9-19H2,1-8H3. The molecule has 1 N–H and O–H groups in total. The van der Waals surface area contributed by atoms with Crippen molar-refractivity contribution in [3.8, 4) is 0 Å². The Morgan fingerprint density at radius 1 is 0.765 bits per heavy atom. The lowest BCUT2D eigenvalue weighted by atomic mass is 9.32. The molecule has 34 heavy (non-hydrogen) atoms. The van der Waals surface area contributed by atoms with Crippen LogP contribution in [0, 0.1) is 56.7 Å². The normalized spacial score (nSPS) is 53.5. The van der Waals surface area contributed by atoms with Crippen molar-refractivity contribution in [3.05, 3.63) is 0 Å². The Morgan fingerprint density at radius 3 is 1.97 bits per heavy atom. The van der Waals surface area contributed by atoms with Crippen molar-refractivity contribution in [2.24, 2.45) is 56.7 Å². The summed E-state index contributed by atoms with van der Waals surface area (Å²) in [6.07, 6.45) is 14.2. The van der Waals surface area contributed by atoms with Gasteiger partial charge < -0.3 is 9.84 Å².